The van der Waals surface area contributed by atoms with Gasteiger partial charge >= 0.3 is 0 Å². The van der Waals surface area contributed by atoms with Crippen LogP contribution < -0.4 is 11.3 Å². The lowest BCUT2D eigenvalue weighted by Crippen LogP contribution is -2.13. The molecule has 0 atom stereocenters. The third kappa shape index (κ3) is 2.95. The van der Waals surface area contributed by atoms with E-state index in [4.69, 9.17) is 10.7 Å². The predicted molar refractivity (Wildman–Crippen MR) is 121 cm³/mol. The first kappa shape index (κ1) is 18.1. The number of hydrogen-bond acceptors (Lipinski definition) is 3. The third-order valence-corrected chi connectivity index (χ3v) is 6.02. The Bertz CT molecular complexity index is 1370. The minimum absolute atomic E-state index is 0.0192. The lowest BCUT2D eigenvalue weighted by Gasteiger charge is -2.11. The van der Waals surface area contributed by atoms with Crippen molar-refractivity contribution in [3.05, 3.63) is 70.5 Å². The van der Waals surface area contributed by atoms with Crippen molar-refractivity contribution in [2.24, 2.45) is 5.73 Å². The van der Waals surface area contributed by atoms with Crippen LogP contribution in [0.15, 0.2) is 59.4 Å². The van der Waals surface area contributed by atoms with E-state index in [9.17, 15) is 4.79 Å². The SMILES string of the molecule is NCCCCCCCc1ccc2c3c1cccc3c(=O)n1c3ccccc3nc21. The van der Waals surface area contributed by atoms with Gasteiger partial charge in [-0.25, -0.2) is 4.98 Å². The van der Waals surface area contributed by atoms with Gasteiger partial charge in [0, 0.05) is 16.2 Å². The van der Waals surface area contributed by atoms with Crippen molar-refractivity contribution in [2.75, 3.05) is 6.54 Å². The summed E-state index contributed by atoms with van der Waals surface area (Å²) in [5, 5.41) is 4.07. The molecule has 4 heteroatoms. The highest BCUT2D eigenvalue weighted by molar-refractivity contribution is 6.16. The number of nitrogens with zero attached hydrogens (tertiary/aromatic N) is 2. The molecule has 4 nitrogen and oxygen atoms in total. The van der Waals surface area contributed by atoms with E-state index in [2.05, 4.69) is 18.2 Å². The first-order valence-electron chi connectivity index (χ1n) is 10.6. The highest BCUT2D eigenvalue weighted by Crippen LogP contribution is 2.32. The largest absolute Gasteiger partial charge is 0.330 e. The molecule has 0 saturated heterocycles. The van der Waals surface area contributed by atoms with E-state index in [1.807, 2.05) is 36.4 Å². The summed E-state index contributed by atoms with van der Waals surface area (Å²) in [7, 11) is 0. The van der Waals surface area contributed by atoms with Crippen LogP contribution in [0.4, 0.5) is 0 Å². The van der Waals surface area contributed by atoms with Gasteiger partial charge in [-0.1, -0.05) is 55.7 Å². The van der Waals surface area contributed by atoms with Crippen molar-refractivity contribution in [1.82, 2.24) is 9.38 Å². The summed E-state index contributed by atoms with van der Waals surface area (Å²) in [4.78, 5) is 18.1. The summed E-state index contributed by atoms with van der Waals surface area (Å²) in [6.45, 7) is 0.785. The fraction of sp³-hybridized carbons (Fsp3) is 0.280. The number of hydrogen-bond donors (Lipinski definition) is 1. The predicted octanol–water partition coefficient (Wildman–Crippen LogP) is 5.04. The summed E-state index contributed by atoms with van der Waals surface area (Å²) < 4.78 is 1.77. The number of unbranched alkanes of at least 4 members (excludes halogenated alkanes) is 4. The topological polar surface area (TPSA) is 60.4 Å². The highest BCUT2D eigenvalue weighted by Gasteiger charge is 2.16. The molecule has 146 valence electrons. The molecule has 29 heavy (non-hydrogen) atoms. The van der Waals surface area contributed by atoms with Crippen molar-refractivity contribution >= 4 is 38.2 Å². The van der Waals surface area contributed by atoms with E-state index in [-0.39, 0.29) is 5.56 Å². The van der Waals surface area contributed by atoms with Crippen LogP contribution >= 0.6 is 0 Å². The first-order valence-corrected chi connectivity index (χ1v) is 10.6. The van der Waals surface area contributed by atoms with Gasteiger partial charge in [-0.2, -0.15) is 0 Å². The second-order valence-corrected chi connectivity index (χ2v) is 7.87. The summed E-state index contributed by atoms with van der Waals surface area (Å²) in [5.74, 6) is 0. The maximum absolute atomic E-state index is 13.4. The van der Waals surface area contributed by atoms with Crippen molar-refractivity contribution in [2.45, 2.75) is 38.5 Å². The fourth-order valence-electron chi connectivity index (χ4n) is 4.57. The number of benzene rings is 3. The molecule has 5 rings (SSSR count). The molecule has 0 saturated carbocycles. The van der Waals surface area contributed by atoms with E-state index in [1.165, 1.54) is 30.2 Å². The zero-order valence-corrected chi connectivity index (χ0v) is 16.5. The number of rotatable bonds is 7. The second-order valence-electron chi connectivity index (χ2n) is 7.87. The Kier molecular flexibility index (Phi) is 4.64. The van der Waals surface area contributed by atoms with E-state index >= 15 is 0 Å². The average Bonchev–Trinajstić information content (AvgIpc) is 3.14. The zero-order chi connectivity index (χ0) is 19.8. The summed E-state index contributed by atoms with van der Waals surface area (Å²) in [6.07, 6.45) is 6.98. The monoisotopic (exact) mass is 383 g/mol. The molecule has 0 aliphatic heterocycles. The van der Waals surface area contributed by atoms with Crippen LogP contribution in [-0.4, -0.2) is 15.9 Å². The second kappa shape index (κ2) is 7.45. The molecule has 3 aromatic carbocycles. The van der Waals surface area contributed by atoms with Crippen LogP contribution in [0.2, 0.25) is 0 Å². The van der Waals surface area contributed by atoms with Crippen LogP contribution in [0.5, 0.6) is 0 Å². The van der Waals surface area contributed by atoms with Gasteiger partial charge in [0.15, 0.2) is 0 Å². The molecule has 0 unspecified atom stereocenters. The Balaban J connectivity index is 1.63. The van der Waals surface area contributed by atoms with Crippen LogP contribution in [0.25, 0.3) is 38.2 Å². The normalized spacial score (nSPS) is 12.0. The molecule has 2 N–H and O–H groups in total. The van der Waals surface area contributed by atoms with Gasteiger partial charge in [0.25, 0.3) is 5.56 Å². The molecule has 0 amide bonds. The van der Waals surface area contributed by atoms with Crippen molar-refractivity contribution in [3.8, 4) is 0 Å². The summed E-state index contributed by atoms with van der Waals surface area (Å²) in [5.41, 5.74) is 9.41. The molecule has 0 fully saturated rings. The molecule has 5 aromatic rings. The van der Waals surface area contributed by atoms with Crippen molar-refractivity contribution in [3.63, 3.8) is 0 Å². The van der Waals surface area contributed by atoms with Gasteiger partial charge in [-0.15, -0.1) is 0 Å². The lowest BCUT2D eigenvalue weighted by atomic mass is 9.95. The van der Waals surface area contributed by atoms with Crippen LogP contribution in [0, 0.1) is 0 Å². The number of imidazole rings is 1. The number of para-hydroxylation sites is 2. The molecular formula is C25H25N3O. The van der Waals surface area contributed by atoms with Crippen LogP contribution in [0.3, 0.4) is 0 Å². The number of aryl methyl sites for hydroxylation is 1. The maximum Gasteiger partial charge on any atom is 0.264 e. The Morgan fingerprint density at radius 1 is 0.793 bits per heavy atom. The number of nitrogens with two attached hydrogens (primary N) is 1. The Hall–Kier alpha value is -2.98. The van der Waals surface area contributed by atoms with Gasteiger partial charge in [0.2, 0.25) is 0 Å². The highest BCUT2D eigenvalue weighted by atomic mass is 16.1. The minimum atomic E-state index is 0.0192. The van der Waals surface area contributed by atoms with Gasteiger partial charge in [0.05, 0.1) is 11.0 Å². The average molecular weight is 383 g/mol. The van der Waals surface area contributed by atoms with Crippen molar-refractivity contribution in [1.29, 1.82) is 0 Å². The minimum Gasteiger partial charge on any atom is -0.330 e. The number of fused-ring (bicyclic) bond motifs is 4. The molecule has 0 bridgehead atoms. The maximum atomic E-state index is 13.4. The third-order valence-electron chi connectivity index (χ3n) is 6.02. The van der Waals surface area contributed by atoms with Gasteiger partial charge in [0.1, 0.15) is 5.65 Å². The Morgan fingerprint density at radius 3 is 2.48 bits per heavy atom. The van der Waals surface area contributed by atoms with Gasteiger partial charge < -0.3 is 5.73 Å². The molecular weight excluding hydrogens is 358 g/mol. The van der Waals surface area contributed by atoms with Gasteiger partial charge in [-0.05, 0) is 55.0 Å². The quantitative estimate of drug-likeness (QED) is 0.400. The van der Waals surface area contributed by atoms with E-state index in [0.717, 1.165) is 58.6 Å². The first-order chi connectivity index (χ1) is 14.3. The Labute approximate surface area is 169 Å². The van der Waals surface area contributed by atoms with E-state index < -0.39 is 0 Å². The standard InChI is InChI=1S/C25H25N3O/c26-16-7-3-1-2-4-9-17-14-15-19-23-18(17)10-8-11-20(23)25(29)28-22-13-6-5-12-21(22)27-24(19)28/h5-6,8,10-15H,1-4,7,9,16,26H2. The molecule has 2 aromatic heterocycles. The number of pyridine rings is 1. The number of aromatic nitrogens is 2. The Morgan fingerprint density at radius 2 is 1.59 bits per heavy atom. The molecule has 2 heterocycles. The zero-order valence-electron chi connectivity index (χ0n) is 16.5. The summed E-state index contributed by atoms with van der Waals surface area (Å²) in [6, 6.07) is 18.3. The fourth-order valence-corrected chi connectivity index (χ4v) is 4.57. The van der Waals surface area contributed by atoms with Crippen molar-refractivity contribution < 1.29 is 0 Å². The van der Waals surface area contributed by atoms with Crippen LogP contribution in [-0.2, 0) is 6.42 Å². The smallest absolute Gasteiger partial charge is 0.264 e. The molecule has 0 radical (unpaired) electrons. The molecule has 0 aliphatic carbocycles. The van der Waals surface area contributed by atoms with E-state index in [1.54, 1.807) is 4.40 Å². The van der Waals surface area contributed by atoms with Crippen LogP contribution in [0.1, 0.15) is 37.7 Å². The van der Waals surface area contributed by atoms with Gasteiger partial charge in [-0.3, -0.25) is 9.20 Å². The lowest BCUT2D eigenvalue weighted by molar-refractivity contribution is 0.619. The molecule has 0 aliphatic rings. The summed E-state index contributed by atoms with van der Waals surface area (Å²) >= 11 is 0. The molecule has 0 spiro atoms. The van der Waals surface area contributed by atoms with E-state index in [0.29, 0.717) is 0 Å².